The second-order valence-electron chi connectivity index (χ2n) is 8.54. The maximum absolute atomic E-state index is 14.7. The lowest BCUT2D eigenvalue weighted by molar-refractivity contribution is 0.140. The Morgan fingerprint density at radius 2 is 2.06 bits per heavy atom. The van der Waals surface area contributed by atoms with Crippen LogP contribution in [-0.2, 0) is 4.84 Å². The Morgan fingerprint density at radius 3 is 2.82 bits per heavy atom. The van der Waals surface area contributed by atoms with E-state index in [0.29, 0.717) is 24.4 Å². The number of benzene rings is 2. The van der Waals surface area contributed by atoms with E-state index in [4.69, 9.17) is 9.57 Å². The van der Waals surface area contributed by atoms with Gasteiger partial charge in [-0.1, -0.05) is 17.3 Å². The van der Waals surface area contributed by atoms with E-state index in [1.54, 1.807) is 13.4 Å². The first-order chi connectivity index (χ1) is 16.5. The summed E-state index contributed by atoms with van der Waals surface area (Å²) in [5, 5.41) is 4.39. The van der Waals surface area contributed by atoms with Crippen LogP contribution in [-0.4, -0.2) is 40.5 Å². The van der Waals surface area contributed by atoms with Crippen molar-refractivity contribution in [2.45, 2.75) is 32.2 Å². The third-order valence-corrected chi connectivity index (χ3v) is 6.27. The minimum Gasteiger partial charge on any atom is -0.495 e. The van der Waals surface area contributed by atoms with Gasteiger partial charge >= 0.3 is 0 Å². The van der Waals surface area contributed by atoms with Crippen molar-refractivity contribution >= 4 is 11.9 Å². The number of halogens is 2. The molecule has 6 nitrogen and oxygen atoms in total. The predicted octanol–water partition coefficient (Wildman–Crippen LogP) is 5.42. The summed E-state index contributed by atoms with van der Waals surface area (Å²) in [5.41, 5.74) is 4.26. The summed E-state index contributed by atoms with van der Waals surface area (Å²) in [7, 11) is 1.65. The normalized spacial score (nSPS) is 19.3. The molecule has 0 amide bonds. The molecule has 2 aliphatic heterocycles. The quantitative estimate of drug-likeness (QED) is 0.517. The van der Waals surface area contributed by atoms with Crippen LogP contribution < -0.4 is 4.74 Å². The summed E-state index contributed by atoms with van der Waals surface area (Å²) in [6.45, 7) is 3.03. The Labute approximate surface area is 197 Å². The van der Waals surface area contributed by atoms with Gasteiger partial charge in [-0.15, -0.1) is 0 Å². The van der Waals surface area contributed by atoms with Gasteiger partial charge in [0, 0.05) is 30.8 Å². The SMILES string of the molecule is COc1cc(C=C2CCCN3C2=NOCC[C@@H]3c2ccc(F)cc2F)ccc1-n1cnc(C)c1. The number of hydrogen-bond donors (Lipinski definition) is 0. The zero-order valence-corrected chi connectivity index (χ0v) is 19.2. The van der Waals surface area contributed by atoms with Gasteiger partial charge in [0.05, 0.1) is 30.9 Å². The highest BCUT2D eigenvalue weighted by Gasteiger charge is 2.32. The molecule has 1 saturated heterocycles. The topological polar surface area (TPSA) is 51.9 Å². The van der Waals surface area contributed by atoms with Crippen molar-refractivity contribution in [3.8, 4) is 11.4 Å². The van der Waals surface area contributed by atoms with Crippen molar-refractivity contribution in [2.24, 2.45) is 5.16 Å². The second kappa shape index (κ2) is 9.29. The third kappa shape index (κ3) is 4.27. The number of aromatic nitrogens is 2. The fraction of sp³-hybridized carbons (Fsp3) is 0.308. The number of oxime groups is 1. The largest absolute Gasteiger partial charge is 0.495 e. The number of piperidine rings is 1. The van der Waals surface area contributed by atoms with Crippen LogP contribution in [0, 0.1) is 18.6 Å². The number of rotatable bonds is 4. The Bertz CT molecular complexity index is 1270. The van der Waals surface area contributed by atoms with Crippen molar-refractivity contribution in [1.82, 2.24) is 14.5 Å². The molecule has 0 spiro atoms. The van der Waals surface area contributed by atoms with Crippen molar-refractivity contribution in [3.05, 3.63) is 83.0 Å². The summed E-state index contributed by atoms with van der Waals surface area (Å²) in [6.07, 6.45) is 8.06. The maximum atomic E-state index is 14.7. The number of methoxy groups -OCH3 is 1. The van der Waals surface area contributed by atoms with Crippen molar-refractivity contribution in [2.75, 3.05) is 20.3 Å². The van der Waals surface area contributed by atoms with E-state index in [1.807, 2.05) is 35.9 Å². The van der Waals surface area contributed by atoms with E-state index in [0.717, 1.165) is 53.7 Å². The molecule has 0 N–H and O–H groups in total. The Morgan fingerprint density at radius 1 is 1.18 bits per heavy atom. The van der Waals surface area contributed by atoms with Crippen LogP contribution in [0.3, 0.4) is 0 Å². The molecule has 1 atom stereocenters. The number of hydrogen-bond acceptors (Lipinski definition) is 5. The summed E-state index contributed by atoms with van der Waals surface area (Å²) in [5.74, 6) is 0.301. The van der Waals surface area contributed by atoms with Crippen LogP contribution in [0.2, 0.25) is 0 Å². The molecule has 8 heteroatoms. The van der Waals surface area contributed by atoms with Crippen molar-refractivity contribution in [1.29, 1.82) is 0 Å². The number of ether oxygens (including phenoxy) is 1. The van der Waals surface area contributed by atoms with Crippen LogP contribution in [0.5, 0.6) is 5.75 Å². The highest BCUT2D eigenvalue weighted by molar-refractivity contribution is 6.02. The molecule has 2 aliphatic rings. The highest BCUT2D eigenvalue weighted by atomic mass is 19.1. The number of aryl methyl sites for hydroxylation is 1. The lowest BCUT2D eigenvalue weighted by Crippen LogP contribution is -2.39. The average molecular weight is 465 g/mol. The smallest absolute Gasteiger partial charge is 0.171 e. The zero-order valence-electron chi connectivity index (χ0n) is 19.2. The molecule has 34 heavy (non-hydrogen) atoms. The molecule has 3 aromatic rings. The summed E-state index contributed by atoms with van der Waals surface area (Å²) in [6, 6.07) is 9.49. The van der Waals surface area contributed by atoms with Crippen molar-refractivity contribution < 1.29 is 18.4 Å². The Kier molecular flexibility index (Phi) is 6.04. The minimum absolute atomic E-state index is 0.271. The average Bonchev–Trinajstić information content (AvgIpc) is 3.14. The molecule has 1 aromatic heterocycles. The first-order valence-corrected chi connectivity index (χ1v) is 11.3. The van der Waals surface area contributed by atoms with E-state index in [1.165, 1.54) is 12.1 Å². The summed E-state index contributed by atoms with van der Waals surface area (Å²) in [4.78, 5) is 11.9. The van der Waals surface area contributed by atoms with Gasteiger partial charge in [-0.3, -0.25) is 0 Å². The van der Waals surface area contributed by atoms with Crippen LogP contribution in [0.1, 0.15) is 42.1 Å². The van der Waals surface area contributed by atoms with E-state index < -0.39 is 11.6 Å². The number of fused-ring (bicyclic) bond motifs is 1. The van der Waals surface area contributed by atoms with Gasteiger partial charge in [-0.2, -0.15) is 0 Å². The molecule has 3 heterocycles. The molecular weight excluding hydrogens is 438 g/mol. The first-order valence-electron chi connectivity index (χ1n) is 11.3. The zero-order chi connectivity index (χ0) is 23.7. The van der Waals surface area contributed by atoms with Gasteiger partial charge in [0.15, 0.2) is 5.84 Å². The highest BCUT2D eigenvalue weighted by Crippen LogP contribution is 2.35. The second-order valence-corrected chi connectivity index (χ2v) is 8.54. The lowest BCUT2D eigenvalue weighted by atomic mass is 9.94. The molecule has 176 valence electrons. The number of amidine groups is 1. The molecule has 0 saturated carbocycles. The minimum atomic E-state index is -0.581. The van der Waals surface area contributed by atoms with Crippen LogP contribution in [0.25, 0.3) is 11.8 Å². The molecule has 0 aliphatic carbocycles. The molecule has 2 aromatic carbocycles. The van der Waals surface area contributed by atoms with Gasteiger partial charge in [0.25, 0.3) is 0 Å². The molecule has 1 fully saturated rings. The molecule has 5 rings (SSSR count). The number of nitrogens with zero attached hydrogens (tertiary/aromatic N) is 4. The van der Waals surface area contributed by atoms with Gasteiger partial charge < -0.3 is 19.0 Å². The van der Waals surface area contributed by atoms with Gasteiger partial charge in [-0.25, -0.2) is 13.8 Å². The standard InChI is InChI=1S/C26H26F2N4O2/c1-17-15-31(16-29-17)24-8-5-18(13-25(24)33-2)12-19-4-3-10-32-23(9-11-34-30-26(19)32)21-7-6-20(27)14-22(21)28/h5-8,12-16,23H,3-4,9-11H2,1-2H3/t23-/m1/s1. The molecule has 0 unspecified atom stereocenters. The maximum Gasteiger partial charge on any atom is 0.171 e. The van der Waals surface area contributed by atoms with Crippen molar-refractivity contribution in [3.63, 3.8) is 0 Å². The monoisotopic (exact) mass is 464 g/mol. The predicted molar refractivity (Wildman–Crippen MR) is 126 cm³/mol. The first kappa shape index (κ1) is 22.1. The van der Waals surface area contributed by atoms with Crippen LogP contribution in [0.4, 0.5) is 8.78 Å². The van der Waals surface area contributed by atoms with E-state index in [9.17, 15) is 8.78 Å². The summed E-state index contributed by atoms with van der Waals surface area (Å²) >= 11 is 0. The fourth-order valence-corrected chi connectivity index (χ4v) is 4.67. The van der Waals surface area contributed by atoms with Crippen LogP contribution in [0.15, 0.2) is 59.7 Å². The van der Waals surface area contributed by atoms with E-state index >= 15 is 0 Å². The van der Waals surface area contributed by atoms with E-state index in [-0.39, 0.29) is 6.04 Å². The van der Waals surface area contributed by atoms with Gasteiger partial charge in [0.2, 0.25) is 0 Å². The Hall–Kier alpha value is -3.68. The van der Waals surface area contributed by atoms with Gasteiger partial charge in [0.1, 0.15) is 24.0 Å². The molecule has 0 radical (unpaired) electrons. The molecular formula is C26H26F2N4O2. The van der Waals surface area contributed by atoms with E-state index in [2.05, 4.69) is 21.1 Å². The lowest BCUT2D eigenvalue weighted by Gasteiger charge is -2.36. The third-order valence-electron chi connectivity index (χ3n) is 6.27. The molecule has 0 bridgehead atoms. The Balaban J connectivity index is 1.48. The number of imidazole rings is 1. The van der Waals surface area contributed by atoms with Gasteiger partial charge in [-0.05, 0) is 55.2 Å². The summed E-state index contributed by atoms with van der Waals surface area (Å²) < 4.78 is 35.7. The van der Waals surface area contributed by atoms with Crippen LogP contribution >= 0.6 is 0 Å². The fourth-order valence-electron chi connectivity index (χ4n) is 4.67.